The van der Waals surface area contributed by atoms with E-state index in [4.69, 9.17) is 15.2 Å². The number of carbonyl (C=O) groups is 1. The summed E-state index contributed by atoms with van der Waals surface area (Å²) in [5.74, 6) is 1.18. The predicted octanol–water partition coefficient (Wildman–Crippen LogP) is 3.42. The van der Waals surface area contributed by atoms with Gasteiger partial charge in [0.05, 0.1) is 6.54 Å². The topological polar surface area (TPSA) is 73.6 Å². The first kappa shape index (κ1) is 19.5. The zero-order chi connectivity index (χ0) is 19.6. The highest BCUT2D eigenvalue weighted by molar-refractivity contribution is 5.75. The maximum Gasteiger partial charge on any atom is 0.231 e. The Bertz CT molecular complexity index is 880. The molecule has 144 valence electrons. The van der Waals surface area contributed by atoms with Gasteiger partial charge in [-0.25, -0.2) is 0 Å². The third-order valence-corrected chi connectivity index (χ3v) is 4.11. The number of primary amides is 1. The van der Waals surface area contributed by atoms with Crippen LogP contribution in [0, 0.1) is 0 Å². The highest BCUT2D eigenvalue weighted by Crippen LogP contribution is 2.21. The van der Waals surface area contributed by atoms with E-state index in [9.17, 15) is 4.79 Å². The van der Waals surface area contributed by atoms with Crippen LogP contribution in [0.25, 0.3) is 0 Å². The van der Waals surface area contributed by atoms with Crippen LogP contribution in [0.4, 0.5) is 0 Å². The van der Waals surface area contributed by atoms with Crippen molar-refractivity contribution in [3.8, 4) is 11.5 Å². The zero-order valence-electron chi connectivity index (χ0n) is 15.6. The molecule has 3 aromatic rings. The second-order valence-corrected chi connectivity index (χ2v) is 6.42. The Morgan fingerprint density at radius 2 is 1.32 bits per heavy atom. The molecular formula is C23H24N2O3. The first-order chi connectivity index (χ1) is 13.7. The van der Waals surface area contributed by atoms with E-state index >= 15 is 0 Å². The zero-order valence-corrected chi connectivity index (χ0v) is 15.6. The summed E-state index contributed by atoms with van der Waals surface area (Å²) in [5, 5.41) is 2.99. The Morgan fingerprint density at radius 1 is 0.750 bits per heavy atom. The van der Waals surface area contributed by atoms with Crippen molar-refractivity contribution in [3.05, 3.63) is 95.6 Å². The van der Waals surface area contributed by atoms with Crippen LogP contribution >= 0.6 is 0 Å². The molecule has 0 aromatic heterocycles. The summed E-state index contributed by atoms with van der Waals surface area (Å²) in [7, 11) is 0. The van der Waals surface area contributed by atoms with Crippen LogP contribution in [0.2, 0.25) is 0 Å². The molecule has 1 amide bonds. The molecule has 0 unspecified atom stereocenters. The summed E-state index contributed by atoms with van der Waals surface area (Å²) < 4.78 is 11.7. The Kier molecular flexibility index (Phi) is 7.04. The number of ether oxygens (including phenoxy) is 2. The molecule has 5 nitrogen and oxygen atoms in total. The molecule has 0 radical (unpaired) electrons. The highest BCUT2D eigenvalue weighted by atomic mass is 16.5. The van der Waals surface area contributed by atoms with Crippen LogP contribution in [-0.2, 0) is 24.6 Å². The smallest absolute Gasteiger partial charge is 0.231 e. The van der Waals surface area contributed by atoms with Gasteiger partial charge in [-0.2, -0.15) is 0 Å². The number of nitrogens with one attached hydrogen (secondary N) is 1. The SMILES string of the molecule is NC(=O)CNCc1ccc(COc2cccc(OCc3ccccc3)c2)cc1. The van der Waals surface area contributed by atoms with Crippen molar-refractivity contribution in [1.29, 1.82) is 0 Å². The number of carbonyl (C=O) groups excluding carboxylic acids is 1. The molecule has 0 saturated heterocycles. The minimum atomic E-state index is -0.361. The van der Waals surface area contributed by atoms with Crippen molar-refractivity contribution in [1.82, 2.24) is 5.32 Å². The second kappa shape index (κ2) is 10.1. The van der Waals surface area contributed by atoms with Gasteiger partial charge < -0.3 is 20.5 Å². The molecule has 0 bridgehead atoms. The lowest BCUT2D eigenvalue weighted by molar-refractivity contribution is -0.117. The van der Waals surface area contributed by atoms with Crippen LogP contribution in [0.5, 0.6) is 11.5 Å². The Hall–Kier alpha value is -3.31. The number of amides is 1. The minimum absolute atomic E-state index is 0.174. The molecule has 3 aromatic carbocycles. The summed E-state index contributed by atoms with van der Waals surface area (Å²) in [6.45, 7) is 1.77. The van der Waals surface area contributed by atoms with Gasteiger partial charge in [-0.3, -0.25) is 4.79 Å². The lowest BCUT2D eigenvalue weighted by atomic mass is 10.1. The molecule has 3 rings (SSSR count). The van der Waals surface area contributed by atoms with E-state index in [1.165, 1.54) is 0 Å². The third kappa shape index (κ3) is 6.45. The van der Waals surface area contributed by atoms with Gasteiger partial charge in [-0.15, -0.1) is 0 Å². The Balaban J connectivity index is 1.48. The molecule has 0 spiro atoms. The molecule has 5 heteroatoms. The number of hydrogen-bond donors (Lipinski definition) is 2. The monoisotopic (exact) mass is 376 g/mol. The minimum Gasteiger partial charge on any atom is -0.489 e. The largest absolute Gasteiger partial charge is 0.489 e. The van der Waals surface area contributed by atoms with Crippen LogP contribution in [0.1, 0.15) is 16.7 Å². The first-order valence-electron chi connectivity index (χ1n) is 9.15. The number of benzene rings is 3. The maximum atomic E-state index is 10.7. The van der Waals surface area contributed by atoms with E-state index in [1.54, 1.807) is 0 Å². The first-order valence-corrected chi connectivity index (χ1v) is 9.15. The molecule has 0 atom stereocenters. The summed E-state index contributed by atoms with van der Waals surface area (Å²) >= 11 is 0. The molecule has 0 aliphatic rings. The van der Waals surface area contributed by atoms with Gasteiger partial charge in [0.2, 0.25) is 5.91 Å². The van der Waals surface area contributed by atoms with Gasteiger partial charge in [0.25, 0.3) is 0 Å². The quantitative estimate of drug-likeness (QED) is 0.569. The lowest BCUT2D eigenvalue weighted by Crippen LogP contribution is -2.28. The maximum absolute atomic E-state index is 10.7. The fourth-order valence-electron chi connectivity index (χ4n) is 2.64. The summed E-state index contributed by atoms with van der Waals surface area (Å²) in [4.78, 5) is 10.7. The summed E-state index contributed by atoms with van der Waals surface area (Å²) in [6.07, 6.45) is 0. The number of rotatable bonds is 10. The molecule has 28 heavy (non-hydrogen) atoms. The standard InChI is InChI=1S/C23H24N2O3/c24-23(26)15-25-14-18-9-11-20(12-10-18)17-28-22-8-4-7-21(13-22)27-16-19-5-2-1-3-6-19/h1-13,25H,14-17H2,(H2,24,26). The van der Waals surface area contributed by atoms with Gasteiger partial charge in [-0.1, -0.05) is 60.7 Å². The van der Waals surface area contributed by atoms with Crippen LogP contribution < -0.4 is 20.5 Å². The molecule has 0 fully saturated rings. The van der Waals surface area contributed by atoms with Crippen molar-refractivity contribution in [2.45, 2.75) is 19.8 Å². The Labute approximate surface area is 165 Å². The molecular weight excluding hydrogens is 352 g/mol. The van der Waals surface area contributed by atoms with Crippen LogP contribution in [0.3, 0.4) is 0 Å². The molecule has 0 aliphatic carbocycles. The molecule has 0 aliphatic heterocycles. The van der Waals surface area contributed by atoms with Crippen molar-refractivity contribution in [2.24, 2.45) is 5.73 Å². The van der Waals surface area contributed by atoms with Crippen molar-refractivity contribution < 1.29 is 14.3 Å². The second-order valence-electron chi connectivity index (χ2n) is 6.42. The van der Waals surface area contributed by atoms with Crippen LogP contribution in [-0.4, -0.2) is 12.5 Å². The summed E-state index contributed by atoms with van der Waals surface area (Å²) in [6, 6.07) is 25.7. The van der Waals surface area contributed by atoms with E-state index in [-0.39, 0.29) is 12.5 Å². The van der Waals surface area contributed by atoms with Crippen LogP contribution in [0.15, 0.2) is 78.9 Å². The van der Waals surface area contributed by atoms with E-state index in [0.29, 0.717) is 19.8 Å². The lowest BCUT2D eigenvalue weighted by Gasteiger charge is -2.10. The average molecular weight is 376 g/mol. The number of hydrogen-bond acceptors (Lipinski definition) is 4. The van der Waals surface area contributed by atoms with Crippen molar-refractivity contribution in [3.63, 3.8) is 0 Å². The van der Waals surface area contributed by atoms with E-state index in [1.807, 2.05) is 78.9 Å². The van der Waals surface area contributed by atoms with Gasteiger partial charge in [0, 0.05) is 12.6 Å². The molecule has 0 heterocycles. The highest BCUT2D eigenvalue weighted by Gasteiger charge is 2.01. The van der Waals surface area contributed by atoms with E-state index in [0.717, 1.165) is 28.2 Å². The molecule has 3 N–H and O–H groups in total. The van der Waals surface area contributed by atoms with Gasteiger partial charge in [0.15, 0.2) is 0 Å². The Morgan fingerprint density at radius 3 is 1.93 bits per heavy atom. The summed E-state index contributed by atoms with van der Waals surface area (Å²) in [5.41, 5.74) is 8.38. The van der Waals surface area contributed by atoms with Gasteiger partial charge in [-0.05, 0) is 28.8 Å². The fourth-order valence-corrected chi connectivity index (χ4v) is 2.64. The van der Waals surface area contributed by atoms with Gasteiger partial charge in [0.1, 0.15) is 24.7 Å². The molecule has 0 saturated carbocycles. The average Bonchev–Trinajstić information content (AvgIpc) is 2.72. The van der Waals surface area contributed by atoms with Crippen molar-refractivity contribution >= 4 is 5.91 Å². The van der Waals surface area contributed by atoms with Gasteiger partial charge >= 0.3 is 0 Å². The third-order valence-electron chi connectivity index (χ3n) is 4.11. The van der Waals surface area contributed by atoms with E-state index in [2.05, 4.69) is 5.32 Å². The fraction of sp³-hybridized carbons (Fsp3) is 0.174. The van der Waals surface area contributed by atoms with E-state index < -0.39 is 0 Å². The normalized spacial score (nSPS) is 10.4. The predicted molar refractivity (Wildman–Crippen MR) is 109 cm³/mol. The number of nitrogens with two attached hydrogens (primary N) is 1. The van der Waals surface area contributed by atoms with Crippen molar-refractivity contribution in [2.75, 3.05) is 6.54 Å².